The fourth-order valence-corrected chi connectivity index (χ4v) is 3.17. The average molecular weight is 312 g/mol. The molecule has 1 heterocycles. The Labute approximate surface area is 132 Å². The van der Waals surface area contributed by atoms with E-state index < -0.39 is 5.97 Å². The molecule has 0 aliphatic heterocycles. The van der Waals surface area contributed by atoms with Crippen molar-refractivity contribution in [3.8, 4) is 16.9 Å². The molecule has 112 valence electrons. The molecule has 0 unspecified atom stereocenters. The molecule has 3 nitrogen and oxygen atoms in total. The molecule has 22 heavy (non-hydrogen) atoms. The molecule has 0 aliphatic carbocycles. The van der Waals surface area contributed by atoms with E-state index >= 15 is 0 Å². The fraction of sp³-hybridized carbons (Fsp3) is 0.167. The van der Waals surface area contributed by atoms with Crippen LogP contribution < -0.4 is 4.74 Å². The number of carbonyl (C=O) groups is 1. The zero-order valence-electron chi connectivity index (χ0n) is 12.2. The first-order chi connectivity index (χ1) is 10.7. The van der Waals surface area contributed by atoms with Gasteiger partial charge in [-0.3, -0.25) is 0 Å². The fourth-order valence-electron chi connectivity index (χ4n) is 2.29. The number of hydrogen-bond donors (Lipinski definition) is 1. The van der Waals surface area contributed by atoms with E-state index in [1.807, 2.05) is 42.5 Å². The van der Waals surface area contributed by atoms with Crippen LogP contribution in [0, 0.1) is 0 Å². The second kappa shape index (κ2) is 6.20. The zero-order valence-corrected chi connectivity index (χ0v) is 13.0. The van der Waals surface area contributed by atoms with Gasteiger partial charge in [-0.05, 0) is 53.3 Å². The third-order valence-corrected chi connectivity index (χ3v) is 4.49. The van der Waals surface area contributed by atoms with Crippen LogP contribution in [0.2, 0.25) is 0 Å². The number of carboxylic acid groups (broad SMARTS) is 1. The van der Waals surface area contributed by atoms with Gasteiger partial charge in [0.15, 0.2) is 0 Å². The number of fused-ring (bicyclic) bond motifs is 1. The Hall–Kier alpha value is -2.33. The Balaban J connectivity index is 1.90. The summed E-state index contributed by atoms with van der Waals surface area (Å²) in [5.74, 6) is -0.00412. The largest absolute Gasteiger partial charge is 0.494 e. The van der Waals surface area contributed by atoms with E-state index in [1.54, 1.807) is 6.07 Å². The quantitative estimate of drug-likeness (QED) is 0.716. The molecule has 1 aromatic heterocycles. The first-order valence-electron chi connectivity index (χ1n) is 7.17. The first-order valence-corrected chi connectivity index (χ1v) is 7.99. The Morgan fingerprint density at radius 3 is 2.50 bits per heavy atom. The molecule has 0 fully saturated rings. The topological polar surface area (TPSA) is 46.5 Å². The zero-order chi connectivity index (χ0) is 15.5. The van der Waals surface area contributed by atoms with Crippen LogP contribution >= 0.6 is 11.3 Å². The molecule has 0 aliphatic rings. The minimum absolute atomic E-state index is 0.371. The molecule has 0 atom stereocenters. The number of benzene rings is 2. The molecule has 3 rings (SSSR count). The summed E-state index contributed by atoms with van der Waals surface area (Å²) in [7, 11) is 0. The third kappa shape index (κ3) is 2.97. The number of hydrogen-bond acceptors (Lipinski definition) is 3. The standard InChI is InChI=1S/C18H16O3S/c1-2-9-21-15-6-3-12(4-7-15)13-5-8-16-14(10-13)11-17(22-16)18(19)20/h3-8,10-11H,2,9H2,1H3,(H,19,20). The smallest absolute Gasteiger partial charge is 0.345 e. The molecule has 0 bridgehead atoms. The van der Waals surface area contributed by atoms with Gasteiger partial charge in [0.1, 0.15) is 10.6 Å². The van der Waals surface area contributed by atoms with Crippen LogP contribution in [0.5, 0.6) is 5.75 Å². The van der Waals surface area contributed by atoms with E-state index in [0.29, 0.717) is 4.88 Å². The van der Waals surface area contributed by atoms with Crippen molar-refractivity contribution in [3.63, 3.8) is 0 Å². The number of thiophene rings is 1. The van der Waals surface area contributed by atoms with Gasteiger partial charge < -0.3 is 9.84 Å². The monoisotopic (exact) mass is 312 g/mol. The summed E-state index contributed by atoms with van der Waals surface area (Å²) in [4.78, 5) is 11.4. The summed E-state index contributed by atoms with van der Waals surface area (Å²) in [6.07, 6.45) is 0.989. The molecule has 0 saturated carbocycles. The summed E-state index contributed by atoms with van der Waals surface area (Å²) in [5, 5.41) is 10.0. The van der Waals surface area contributed by atoms with E-state index in [2.05, 4.69) is 6.92 Å². The highest BCUT2D eigenvalue weighted by molar-refractivity contribution is 7.20. The predicted molar refractivity (Wildman–Crippen MR) is 90.0 cm³/mol. The van der Waals surface area contributed by atoms with Crippen LogP contribution in [0.4, 0.5) is 0 Å². The summed E-state index contributed by atoms with van der Waals surface area (Å²) in [5.41, 5.74) is 2.16. The maximum atomic E-state index is 11.0. The summed E-state index contributed by atoms with van der Waals surface area (Å²) in [6.45, 7) is 2.80. The molecule has 0 amide bonds. The van der Waals surface area contributed by atoms with Crippen LogP contribution in [-0.2, 0) is 0 Å². The van der Waals surface area contributed by atoms with E-state index in [-0.39, 0.29) is 0 Å². The van der Waals surface area contributed by atoms with Crippen molar-refractivity contribution in [1.82, 2.24) is 0 Å². The molecular weight excluding hydrogens is 296 g/mol. The molecule has 0 radical (unpaired) electrons. The van der Waals surface area contributed by atoms with E-state index in [4.69, 9.17) is 9.84 Å². The van der Waals surface area contributed by atoms with Gasteiger partial charge in [0.25, 0.3) is 0 Å². The van der Waals surface area contributed by atoms with Crippen molar-refractivity contribution in [2.45, 2.75) is 13.3 Å². The Morgan fingerprint density at radius 1 is 1.09 bits per heavy atom. The van der Waals surface area contributed by atoms with Crippen LogP contribution in [0.3, 0.4) is 0 Å². The molecule has 3 aromatic rings. The Bertz CT molecular complexity index is 803. The van der Waals surface area contributed by atoms with E-state index in [9.17, 15) is 4.79 Å². The van der Waals surface area contributed by atoms with Gasteiger partial charge in [-0.1, -0.05) is 25.1 Å². The third-order valence-electron chi connectivity index (χ3n) is 3.39. The maximum absolute atomic E-state index is 11.0. The molecular formula is C18H16O3S. The molecule has 2 aromatic carbocycles. The van der Waals surface area contributed by atoms with Crippen LogP contribution in [0.25, 0.3) is 21.2 Å². The lowest BCUT2D eigenvalue weighted by Crippen LogP contribution is -1.94. The lowest BCUT2D eigenvalue weighted by atomic mass is 10.0. The highest BCUT2D eigenvalue weighted by Crippen LogP contribution is 2.31. The summed E-state index contributed by atoms with van der Waals surface area (Å²) >= 11 is 1.30. The first kappa shape index (κ1) is 14.6. The van der Waals surface area contributed by atoms with Crippen molar-refractivity contribution < 1.29 is 14.6 Å². The van der Waals surface area contributed by atoms with E-state index in [0.717, 1.165) is 40.0 Å². The molecule has 0 saturated heterocycles. The lowest BCUT2D eigenvalue weighted by Gasteiger charge is -2.06. The van der Waals surface area contributed by atoms with Gasteiger partial charge in [-0.15, -0.1) is 11.3 Å². The summed E-state index contributed by atoms with van der Waals surface area (Å²) < 4.78 is 6.57. The van der Waals surface area contributed by atoms with Crippen molar-refractivity contribution in [3.05, 3.63) is 53.4 Å². The van der Waals surface area contributed by atoms with Gasteiger partial charge in [0.05, 0.1) is 6.61 Å². The van der Waals surface area contributed by atoms with Gasteiger partial charge in [-0.2, -0.15) is 0 Å². The van der Waals surface area contributed by atoms with Gasteiger partial charge in [-0.25, -0.2) is 4.79 Å². The van der Waals surface area contributed by atoms with Crippen LogP contribution in [0.15, 0.2) is 48.5 Å². The second-order valence-electron chi connectivity index (χ2n) is 5.04. The second-order valence-corrected chi connectivity index (χ2v) is 6.13. The average Bonchev–Trinajstić information content (AvgIpc) is 2.97. The maximum Gasteiger partial charge on any atom is 0.345 e. The molecule has 4 heteroatoms. The minimum atomic E-state index is -0.875. The lowest BCUT2D eigenvalue weighted by molar-refractivity contribution is 0.0702. The molecule has 1 N–H and O–H groups in total. The van der Waals surface area contributed by atoms with Crippen LogP contribution in [-0.4, -0.2) is 17.7 Å². The van der Waals surface area contributed by atoms with Crippen molar-refractivity contribution in [2.75, 3.05) is 6.61 Å². The number of aromatic carboxylic acids is 1. The van der Waals surface area contributed by atoms with Gasteiger partial charge in [0, 0.05) is 4.70 Å². The Kier molecular flexibility index (Phi) is 4.11. The van der Waals surface area contributed by atoms with Gasteiger partial charge >= 0.3 is 5.97 Å². The highest BCUT2D eigenvalue weighted by atomic mass is 32.1. The molecule has 0 spiro atoms. The SMILES string of the molecule is CCCOc1ccc(-c2ccc3sc(C(=O)O)cc3c2)cc1. The van der Waals surface area contributed by atoms with Crippen molar-refractivity contribution in [1.29, 1.82) is 0 Å². The number of carboxylic acids is 1. The number of ether oxygens (including phenoxy) is 1. The van der Waals surface area contributed by atoms with Crippen molar-refractivity contribution in [2.24, 2.45) is 0 Å². The van der Waals surface area contributed by atoms with Crippen LogP contribution in [0.1, 0.15) is 23.0 Å². The highest BCUT2D eigenvalue weighted by Gasteiger charge is 2.09. The summed E-state index contributed by atoms with van der Waals surface area (Å²) in [6, 6.07) is 15.7. The van der Waals surface area contributed by atoms with E-state index in [1.165, 1.54) is 11.3 Å². The number of rotatable bonds is 5. The minimum Gasteiger partial charge on any atom is -0.494 e. The predicted octanol–water partition coefficient (Wildman–Crippen LogP) is 5.06. The normalized spacial score (nSPS) is 10.8. The Morgan fingerprint density at radius 2 is 1.82 bits per heavy atom. The van der Waals surface area contributed by atoms with Crippen molar-refractivity contribution >= 4 is 27.4 Å². The van der Waals surface area contributed by atoms with Gasteiger partial charge in [0.2, 0.25) is 0 Å².